The van der Waals surface area contributed by atoms with Crippen LogP contribution in [0.4, 0.5) is 0 Å². The van der Waals surface area contributed by atoms with Crippen molar-refractivity contribution in [3.8, 4) is 0 Å². The van der Waals surface area contributed by atoms with Gasteiger partial charge in [0.05, 0.1) is 11.6 Å². The molecule has 2 N–H and O–H groups in total. The van der Waals surface area contributed by atoms with Gasteiger partial charge in [-0.1, -0.05) is 0 Å². The number of amides is 1. The van der Waals surface area contributed by atoms with E-state index < -0.39 is 5.54 Å². The van der Waals surface area contributed by atoms with E-state index >= 15 is 0 Å². The molecule has 1 amide bonds. The third kappa shape index (κ3) is 2.64. The van der Waals surface area contributed by atoms with Crippen molar-refractivity contribution >= 4 is 5.91 Å². The monoisotopic (exact) mass is 233 g/mol. The van der Waals surface area contributed by atoms with Crippen molar-refractivity contribution < 1.29 is 4.79 Å². The summed E-state index contributed by atoms with van der Waals surface area (Å²) in [5, 5.41) is 6.31. The molecule has 1 aromatic rings. The number of carbonyl (C=O) groups excluding carboxylic acids is 1. The minimum Gasteiger partial charge on any atom is -0.348 e. The first-order chi connectivity index (χ1) is 8.12. The molecule has 2 unspecified atom stereocenters. The number of hydrogen-bond donors (Lipinski definition) is 2. The van der Waals surface area contributed by atoms with E-state index in [9.17, 15) is 4.79 Å². The number of aromatic nitrogens is 1. The highest BCUT2D eigenvalue weighted by atomic mass is 16.2. The van der Waals surface area contributed by atoms with E-state index in [-0.39, 0.29) is 11.9 Å². The minimum atomic E-state index is -0.401. The first-order valence-corrected chi connectivity index (χ1v) is 6.08. The van der Waals surface area contributed by atoms with Crippen LogP contribution in [0.1, 0.15) is 38.3 Å². The summed E-state index contributed by atoms with van der Waals surface area (Å²) in [4.78, 5) is 16.1. The molecule has 1 aliphatic rings. The molecule has 0 spiro atoms. The van der Waals surface area contributed by atoms with Crippen LogP contribution in [0.25, 0.3) is 0 Å². The Kier molecular flexibility index (Phi) is 3.43. The highest BCUT2D eigenvalue weighted by Crippen LogP contribution is 2.20. The molecule has 0 bridgehead atoms. The maximum Gasteiger partial charge on any atom is 0.240 e. The highest BCUT2D eigenvalue weighted by Gasteiger charge is 2.36. The van der Waals surface area contributed by atoms with Crippen molar-refractivity contribution in [2.24, 2.45) is 0 Å². The van der Waals surface area contributed by atoms with Gasteiger partial charge < -0.3 is 10.6 Å². The maximum absolute atomic E-state index is 12.2. The van der Waals surface area contributed by atoms with E-state index in [1.807, 2.05) is 26.0 Å². The molecule has 4 nitrogen and oxygen atoms in total. The van der Waals surface area contributed by atoms with Crippen LogP contribution in [0, 0.1) is 0 Å². The number of nitrogens with zero attached hydrogens (tertiary/aromatic N) is 1. The molecule has 0 aromatic carbocycles. The van der Waals surface area contributed by atoms with Crippen LogP contribution in [-0.4, -0.2) is 23.0 Å². The van der Waals surface area contributed by atoms with Crippen LogP contribution in [-0.2, 0) is 4.79 Å². The molecular weight excluding hydrogens is 214 g/mol. The second-order valence-corrected chi connectivity index (χ2v) is 4.84. The lowest BCUT2D eigenvalue weighted by Crippen LogP contribution is -2.51. The molecule has 1 aromatic heterocycles. The second-order valence-electron chi connectivity index (χ2n) is 4.84. The summed E-state index contributed by atoms with van der Waals surface area (Å²) in [5.41, 5.74) is 0.677. The molecule has 2 heterocycles. The van der Waals surface area contributed by atoms with Gasteiger partial charge in [-0.25, -0.2) is 0 Å². The van der Waals surface area contributed by atoms with Crippen molar-refractivity contribution in [2.45, 2.75) is 38.3 Å². The Balaban J connectivity index is 1.99. The Hall–Kier alpha value is -1.42. The van der Waals surface area contributed by atoms with Crippen LogP contribution in [0.15, 0.2) is 24.5 Å². The fraction of sp³-hybridized carbons (Fsp3) is 0.538. The molecule has 0 saturated carbocycles. The number of hydrogen-bond acceptors (Lipinski definition) is 3. The summed E-state index contributed by atoms with van der Waals surface area (Å²) in [6.07, 6.45) is 5.45. The summed E-state index contributed by atoms with van der Waals surface area (Å²) in [5.74, 6) is 0.0827. The summed E-state index contributed by atoms with van der Waals surface area (Å²) >= 11 is 0. The number of pyridine rings is 1. The van der Waals surface area contributed by atoms with Gasteiger partial charge in [0.1, 0.15) is 0 Å². The maximum atomic E-state index is 12.2. The van der Waals surface area contributed by atoms with Gasteiger partial charge in [-0.15, -0.1) is 0 Å². The second kappa shape index (κ2) is 4.84. The van der Waals surface area contributed by atoms with Crippen molar-refractivity contribution in [1.29, 1.82) is 0 Å². The number of carbonyl (C=O) groups is 1. The van der Waals surface area contributed by atoms with Crippen LogP contribution in [0.2, 0.25) is 0 Å². The molecule has 1 aliphatic heterocycles. The third-order valence-corrected chi connectivity index (χ3v) is 3.42. The van der Waals surface area contributed by atoms with Crippen LogP contribution < -0.4 is 10.6 Å². The van der Waals surface area contributed by atoms with E-state index in [1.165, 1.54) is 0 Å². The lowest BCUT2D eigenvalue weighted by atomic mass is 9.98. The molecule has 92 valence electrons. The van der Waals surface area contributed by atoms with Gasteiger partial charge in [0.15, 0.2) is 0 Å². The van der Waals surface area contributed by atoms with Gasteiger partial charge >= 0.3 is 0 Å². The van der Waals surface area contributed by atoms with E-state index in [0.717, 1.165) is 24.9 Å². The summed E-state index contributed by atoms with van der Waals surface area (Å²) in [7, 11) is 0. The Morgan fingerprint density at radius 1 is 1.53 bits per heavy atom. The molecular formula is C13H19N3O. The van der Waals surface area contributed by atoms with Crippen molar-refractivity contribution in [3.63, 3.8) is 0 Å². The van der Waals surface area contributed by atoms with E-state index in [2.05, 4.69) is 15.6 Å². The smallest absolute Gasteiger partial charge is 0.240 e. The molecule has 0 aliphatic carbocycles. The Morgan fingerprint density at radius 2 is 2.24 bits per heavy atom. The van der Waals surface area contributed by atoms with Crippen molar-refractivity contribution in [2.75, 3.05) is 6.54 Å². The molecule has 2 rings (SSSR count). The van der Waals surface area contributed by atoms with Crippen LogP contribution >= 0.6 is 0 Å². The zero-order chi connectivity index (χ0) is 12.3. The van der Waals surface area contributed by atoms with Gasteiger partial charge in [0.2, 0.25) is 5.91 Å². The molecule has 1 fully saturated rings. The minimum absolute atomic E-state index is 0.0183. The number of rotatable bonds is 3. The third-order valence-electron chi connectivity index (χ3n) is 3.42. The summed E-state index contributed by atoms with van der Waals surface area (Å²) in [6.45, 7) is 4.88. The van der Waals surface area contributed by atoms with Gasteiger partial charge in [-0.2, -0.15) is 0 Å². The predicted molar refractivity (Wildman–Crippen MR) is 66.4 cm³/mol. The van der Waals surface area contributed by atoms with E-state index in [0.29, 0.717) is 0 Å². The van der Waals surface area contributed by atoms with Crippen LogP contribution in [0.5, 0.6) is 0 Å². The Morgan fingerprint density at radius 3 is 2.82 bits per heavy atom. The van der Waals surface area contributed by atoms with Gasteiger partial charge in [-0.05, 0) is 50.9 Å². The lowest BCUT2D eigenvalue weighted by Gasteiger charge is -2.25. The number of nitrogens with one attached hydrogen (secondary N) is 2. The van der Waals surface area contributed by atoms with Gasteiger partial charge in [0, 0.05) is 12.4 Å². The molecule has 1 saturated heterocycles. The van der Waals surface area contributed by atoms with Gasteiger partial charge in [-0.3, -0.25) is 9.78 Å². The largest absolute Gasteiger partial charge is 0.348 e. The standard InChI is InChI=1S/C13H19N3O/c1-10(11-4-8-14-9-5-11)16-12(17)13(2)6-3-7-15-13/h4-5,8-10,15H,3,6-7H2,1-2H3,(H,16,17). The van der Waals surface area contributed by atoms with Crippen molar-refractivity contribution in [1.82, 2.24) is 15.6 Å². The average molecular weight is 233 g/mol. The topological polar surface area (TPSA) is 54.0 Å². The van der Waals surface area contributed by atoms with Crippen LogP contribution in [0.3, 0.4) is 0 Å². The Bertz CT molecular complexity index is 385. The quantitative estimate of drug-likeness (QED) is 0.829. The molecule has 0 radical (unpaired) electrons. The lowest BCUT2D eigenvalue weighted by molar-refractivity contribution is -0.127. The first kappa shape index (κ1) is 12.0. The van der Waals surface area contributed by atoms with Gasteiger partial charge in [0.25, 0.3) is 0 Å². The normalized spacial score (nSPS) is 25.5. The van der Waals surface area contributed by atoms with Crippen molar-refractivity contribution in [3.05, 3.63) is 30.1 Å². The fourth-order valence-electron chi connectivity index (χ4n) is 2.18. The summed E-state index contributed by atoms with van der Waals surface area (Å²) < 4.78 is 0. The zero-order valence-corrected chi connectivity index (χ0v) is 10.4. The average Bonchev–Trinajstić information content (AvgIpc) is 2.78. The molecule has 2 atom stereocenters. The zero-order valence-electron chi connectivity index (χ0n) is 10.4. The van der Waals surface area contributed by atoms with E-state index in [1.54, 1.807) is 12.4 Å². The first-order valence-electron chi connectivity index (χ1n) is 6.08. The summed E-state index contributed by atoms with van der Waals surface area (Å²) in [6, 6.07) is 3.87. The molecule has 4 heteroatoms. The Labute approximate surface area is 102 Å². The SMILES string of the molecule is CC(NC(=O)C1(C)CCCN1)c1ccncc1. The fourth-order valence-corrected chi connectivity index (χ4v) is 2.18. The highest BCUT2D eigenvalue weighted by molar-refractivity contribution is 5.86. The van der Waals surface area contributed by atoms with E-state index in [4.69, 9.17) is 0 Å². The predicted octanol–water partition coefficient (Wildman–Crippen LogP) is 1.40. The molecule has 17 heavy (non-hydrogen) atoms.